The van der Waals surface area contributed by atoms with E-state index in [1.807, 2.05) is 0 Å². The van der Waals surface area contributed by atoms with Gasteiger partial charge in [0.15, 0.2) is 0 Å². The number of hydrogen-bond donors (Lipinski definition) is 0. The second-order valence-corrected chi connectivity index (χ2v) is 0. The molecule has 0 spiro atoms. The van der Waals surface area contributed by atoms with E-state index in [1.54, 1.807) is 0 Å². The van der Waals surface area contributed by atoms with Gasteiger partial charge in [-0.15, -0.1) is 0 Å². The molecule has 0 heterocycles. The van der Waals surface area contributed by atoms with Gasteiger partial charge in [0, 0.05) is 0 Å². The van der Waals surface area contributed by atoms with Crippen LogP contribution in [0.25, 0.3) is 0 Å². The molecule has 4 heavy (non-hydrogen) atoms. The largest absolute Gasteiger partial charge is 3.00 e. The third kappa shape index (κ3) is 9.56. The van der Waals surface area contributed by atoms with E-state index < -0.39 is 0 Å². The maximum absolute atomic E-state index is 0. The molecule has 0 nitrogen and oxygen atoms in total. The van der Waals surface area contributed by atoms with Crippen LogP contribution in [0.2, 0.25) is 0 Å². The van der Waals surface area contributed by atoms with Crippen LogP contribution in [0.5, 0.6) is 0 Å². The Balaban J connectivity index is 0. The molecule has 25 valence electrons. The Kier molecular flexibility index (Phi) is 278. The molecular weight excluding hydrogens is 173 g/mol. The van der Waals surface area contributed by atoms with E-state index in [1.165, 1.54) is 0 Å². The maximum atomic E-state index is 0. The van der Waals surface area contributed by atoms with Crippen molar-refractivity contribution in [2.75, 3.05) is 0 Å². The molecule has 0 N–H and O–H groups in total. The molecule has 0 aliphatic heterocycles. The topological polar surface area (TPSA) is 0 Å². The van der Waals surface area contributed by atoms with E-state index in [2.05, 4.69) is 0 Å². The van der Waals surface area contributed by atoms with Gasteiger partial charge in [-0.1, -0.05) is 25.2 Å². The van der Waals surface area contributed by atoms with Crippen LogP contribution >= 0.6 is 0 Å². The zero-order valence-electron chi connectivity index (χ0n) is 0.500. The second kappa shape index (κ2) is 23.6. The Bertz CT molecular complexity index is 3.25. The van der Waals surface area contributed by atoms with Gasteiger partial charge in [-0.05, 0) is 0 Å². The molecule has 0 fully saturated rings. The molecule has 0 aromatic carbocycles. The first-order chi connectivity index (χ1) is 0. The first kappa shape index (κ1) is 47.1. The van der Waals surface area contributed by atoms with Gasteiger partial charge in [-0.3, -0.25) is 0 Å². The van der Waals surface area contributed by atoms with Crippen molar-refractivity contribution in [1.82, 2.24) is 0 Å². The summed E-state index contributed by atoms with van der Waals surface area (Å²) in [6, 6.07) is 0. The quantitative estimate of drug-likeness (QED) is 0.334. The summed E-state index contributed by atoms with van der Waals surface area (Å²) in [4.78, 5) is 0. The Morgan fingerprint density at radius 2 is 0.500 bits per heavy atom. The summed E-state index contributed by atoms with van der Waals surface area (Å²) < 4.78 is 0. The van der Waals surface area contributed by atoms with Crippen molar-refractivity contribution in [2.45, 2.75) is 0 Å². The number of hydrogen-bond acceptors (Lipinski definition) is 0. The molecule has 0 rings (SSSR count). The number of rotatable bonds is 0. The smallest absolute Gasteiger partial charge is 0.0626 e. The Hall–Kier alpha value is 1.57. The van der Waals surface area contributed by atoms with Crippen LogP contribution in [0.15, 0.2) is 0 Å². The van der Waals surface area contributed by atoms with Crippen LogP contribution in [0.4, 0.5) is 0 Å². The predicted octanol–water partition coefficient (Wildman–Crippen LogP) is -4.35. The Labute approximate surface area is 66.2 Å². The molecule has 0 saturated carbocycles. The van der Waals surface area contributed by atoms with Crippen LogP contribution in [-0.4, -0.2) is 25.2 Å². The SMILES string of the molecule is [BH4-].[BH4-].[BH4-].[Ce+3]. The molecular formula is H12B3Ce. The molecule has 0 amide bonds. The van der Waals surface area contributed by atoms with Gasteiger partial charge >= 0.3 is 41.7 Å². The van der Waals surface area contributed by atoms with Gasteiger partial charge in [0.2, 0.25) is 0 Å². The van der Waals surface area contributed by atoms with Crippen molar-refractivity contribution < 1.29 is 41.7 Å². The first-order valence-corrected chi connectivity index (χ1v) is 0. The fourth-order valence-corrected chi connectivity index (χ4v) is 0. The monoisotopic (exact) mass is 185 g/mol. The summed E-state index contributed by atoms with van der Waals surface area (Å²) >= 11 is 0. The molecule has 0 aliphatic carbocycles. The normalized spacial score (nSPS) is 0. The van der Waals surface area contributed by atoms with Crippen LogP contribution in [-0.2, 0) is 0 Å². The summed E-state index contributed by atoms with van der Waals surface area (Å²) in [5.74, 6) is 0. The van der Waals surface area contributed by atoms with Crippen molar-refractivity contribution in [2.24, 2.45) is 0 Å². The van der Waals surface area contributed by atoms with Gasteiger partial charge in [0.05, 0.1) is 0 Å². The second-order valence-electron chi connectivity index (χ2n) is 0. The van der Waals surface area contributed by atoms with E-state index in [0.29, 0.717) is 0 Å². The molecule has 0 unspecified atom stereocenters. The minimum Gasteiger partial charge on any atom is -0.0626 e. The van der Waals surface area contributed by atoms with Gasteiger partial charge in [-0.2, -0.15) is 0 Å². The summed E-state index contributed by atoms with van der Waals surface area (Å²) in [7, 11) is 0. The maximum Gasteiger partial charge on any atom is 3.00 e. The average Bonchev–Trinajstić information content (AvgIpc) is 0. The van der Waals surface area contributed by atoms with Crippen LogP contribution in [0.3, 0.4) is 0 Å². The van der Waals surface area contributed by atoms with Crippen LogP contribution in [0, 0.1) is 41.7 Å². The average molecular weight is 185 g/mol. The van der Waals surface area contributed by atoms with Crippen molar-refractivity contribution in [3.05, 3.63) is 0 Å². The van der Waals surface area contributed by atoms with Crippen LogP contribution in [0.1, 0.15) is 0 Å². The molecule has 4 heteroatoms. The third-order valence-electron chi connectivity index (χ3n) is 0. The predicted molar refractivity (Wildman–Crippen MR) is 34.0 cm³/mol. The van der Waals surface area contributed by atoms with Gasteiger partial charge in [0.1, 0.15) is 0 Å². The summed E-state index contributed by atoms with van der Waals surface area (Å²) in [5.41, 5.74) is 0. The van der Waals surface area contributed by atoms with E-state index in [4.69, 9.17) is 0 Å². The van der Waals surface area contributed by atoms with E-state index in [-0.39, 0.29) is 67.0 Å². The Morgan fingerprint density at radius 3 is 0.500 bits per heavy atom. The molecule has 0 bridgehead atoms. The van der Waals surface area contributed by atoms with Crippen molar-refractivity contribution >= 4 is 25.2 Å². The molecule has 0 atom stereocenters. The summed E-state index contributed by atoms with van der Waals surface area (Å²) in [6.07, 6.45) is 0. The van der Waals surface area contributed by atoms with Crippen molar-refractivity contribution in [1.29, 1.82) is 0 Å². The van der Waals surface area contributed by atoms with E-state index in [9.17, 15) is 0 Å². The minimum atomic E-state index is 0. The molecule has 0 aromatic heterocycles. The fourth-order valence-electron chi connectivity index (χ4n) is 0. The van der Waals surface area contributed by atoms with E-state index in [0.717, 1.165) is 0 Å². The summed E-state index contributed by atoms with van der Waals surface area (Å²) in [6.45, 7) is 0. The van der Waals surface area contributed by atoms with Gasteiger partial charge in [-0.25, -0.2) is 0 Å². The Morgan fingerprint density at radius 1 is 0.500 bits per heavy atom. The molecule has 0 aromatic rings. The third-order valence-corrected chi connectivity index (χ3v) is 0. The molecule has 1 radical (unpaired) electrons. The first-order valence-electron chi connectivity index (χ1n) is 0. The van der Waals surface area contributed by atoms with Crippen molar-refractivity contribution in [3.63, 3.8) is 0 Å². The standard InChI is InChI=1S/3BH4.Ce/h3*1H4;/q3*-1;+3. The van der Waals surface area contributed by atoms with E-state index >= 15 is 0 Å². The van der Waals surface area contributed by atoms with Crippen LogP contribution < -0.4 is 0 Å². The zero-order valence-corrected chi connectivity index (χ0v) is 3.64. The molecule has 0 aliphatic rings. The van der Waals surface area contributed by atoms with Gasteiger partial charge < -0.3 is 0 Å². The summed E-state index contributed by atoms with van der Waals surface area (Å²) in [5, 5.41) is 0. The molecule has 0 saturated heterocycles. The fraction of sp³-hybridized carbons (Fsp3) is 0. The van der Waals surface area contributed by atoms with Crippen molar-refractivity contribution in [3.8, 4) is 0 Å². The minimum absolute atomic E-state index is 0. The van der Waals surface area contributed by atoms with Gasteiger partial charge in [0.25, 0.3) is 0 Å². The zero-order chi connectivity index (χ0) is 0.